The van der Waals surface area contributed by atoms with E-state index in [0.29, 0.717) is 50.0 Å². The number of nitrogens with zero attached hydrogens (tertiary/aromatic N) is 6. The molecule has 63 heavy (non-hydrogen) atoms. The third kappa shape index (κ3) is 11.1. The molecule has 0 radical (unpaired) electrons. The molecule has 336 valence electrons. The van der Waals surface area contributed by atoms with E-state index in [-0.39, 0.29) is 52.6 Å². The van der Waals surface area contributed by atoms with Crippen molar-refractivity contribution in [3.63, 3.8) is 0 Å². The molecule has 0 spiro atoms. The van der Waals surface area contributed by atoms with Crippen molar-refractivity contribution in [1.82, 2.24) is 40.2 Å². The van der Waals surface area contributed by atoms with Gasteiger partial charge < -0.3 is 35.3 Å². The molecule has 14 heteroatoms. The Balaban J connectivity index is 1.14. The molecule has 3 N–H and O–H groups in total. The monoisotopic (exact) mass is 860 g/mol. The molecule has 4 amide bonds. The summed E-state index contributed by atoms with van der Waals surface area (Å²) in [4.78, 5) is 87.8. The van der Waals surface area contributed by atoms with Crippen molar-refractivity contribution in [2.45, 2.75) is 114 Å². The first-order chi connectivity index (χ1) is 30.7. The quantitative estimate of drug-likeness (QED) is 0.153. The van der Waals surface area contributed by atoms with Crippen molar-refractivity contribution in [1.29, 1.82) is 0 Å². The predicted octanol–water partition coefficient (Wildman–Crippen LogP) is 5.67. The zero-order valence-corrected chi connectivity index (χ0v) is 36.6. The van der Waals surface area contributed by atoms with Crippen LogP contribution < -0.4 is 10.6 Å². The van der Waals surface area contributed by atoms with Crippen LogP contribution in [0.3, 0.4) is 0 Å². The highest BCUT2D eigenvalue weighted by Gasteiger charge is 2.36. The average molecular weight is 861 g/mol. The fourth-order valence-electron chi connectivity index (χ4n) is 10.5. The molecule has 1 saturated carbocycles. The molecular weight excluding hydrogens is 797 g/mol. The molecule has 2 aromatic heterocycles. The Labute approximate surface area is 371 Å². The lowest BCUT2D eigenvalue weighted by Gasteiger charge is -2.29. The number of likely N-dealkylation sites (tertiary alicyclic amines) is 4. The second-order valence-electron chi connectivity index (χ2n) is 18.4. The molecule has 5 fully saturated rings. The number of aryl methyl sites for hydroxylation is 1. The number of carboxylic acid groups (broad SMARTS) is 1. The number of nitrogens with one attached hydrogen (secondary N) is 2. The van der Waals surface area contributed by atoms with Gasteiger partial charge in [-0.05, 0) is 150 Å². The summed E-state index contributed by atoms with van der Waals surface area (Å²) in [6.07, 6.45) is 13.8. The van der Waals surface area contributed by atoms with Crippen LogP contribution in [0.5, 0.6) is 0 Å². The van der Waals surface area contributed by atoms with Gasteiger partial charge in [0.1, 0.15) is 28.8 Å². The number of carbonyl (C=O) groups is 5. The van der Waals surface area contributed by atoms with E-state index >= 15 is 0 Å². The molecule has 6 heterocycles. The molecule has 14 nitrogen and oxygen atoms in total. The molecule has 4 saturated heterocycles. The lowest BCUT2D eigenvalue weighted by molar-refractivity contribution is -0.141. The third-order valence-electron chi connectivity index (χ3n) is 13.9. The largest absolute Gasteiger partial charge is 0.480 e. The maximum Gasteiger partial charge on any atom is 0.326 e. The van der Waals surface area contributed by atoms with Crippen LogP contribution in [0.4, 0.5) is 0 Å². The van der Waals surface area contributed by atoms with Crippen molar-refractivity contribution in [2.75, 3.05) is 58.9 Å². The highest BCUT2D eigenvalue weighted by molar-refractivity contribution is 6.01. The fraction of sp³-hybridized carbons (Fsp3) is 0.571. The molecule has 4 aliphatic heterocycles. The number of benzene rings is 1. The first kappa shape index (κ1) is 44.4. The molecule has 1 aromatic carbocycles. The normalized spacial score (nSPS) is 21.5. The molecule has 3 unspecified atom stereocenters. The number of carbonyl (C=O) groups excluding carboxylic acids is 4. The molecule has 3 atom stereocenters. The Hall–Kier alpha value is -5.21. The van der Waals surface area contributed by atoms with Gasteiger partial charge in [-0.25, -0.2) is 14.8 Å². The summed E-state index contributed by atoms with van der Waals surface area (Å²) in [6.45, 7) is 7.15. The van der Waals surface area contributed by atoms with Crippen LogP contribution in [-0.4, -0.2) is 141 Å². The van der Waals surface area contributed by atoms with Gasteiger partial charge in [-0.3, -0.25) is 19.2 Å². The number of carboxylic acids is 1. The van der Waals surface area contributed by atoms with Crippen LogP contribution in [0.1, 0.15) is 137 Å². The van der Waals surface area contributed by atoms with Crippen molar-refractivity contribution < 1.29 is 29.1 Å². The smallest absolute Gasteiger partial charge is 0.326 e. The van der Waals surface area contributed by atoms with E-state index in [0.717, 1.165) is 116 Å². The Bertz CT molecular complexity index is 2100. The highest BCUT2D eigenvalue weighted by Crippen LogP contribution is 2.30. The van der Waals surface area contributed by atoms with Crippen molar-refractivity contribution >= 4 is 29.6 Å². The van der Waals surface area contributed by atoms with Crippen LogP contribution in [-0.2, 0) is 11.2 Å². The van der Waals surface area contributed by atoms with Crippen molar-refractivity contribution in [2.24, 2.45) is 5.92 Å². The van der Waals surface area contributed by atoms with Crippen LogP contribution in [0.2, 0.25) is 0 Å². The number of hydrogen-bond donors (Lipinski definition) is 3. The van der Waals surface area contributed by atoms with E-state index < -0.39 is 23.8 Å². The summed E-state index contributed by atoms with van der Waals surface area (Å²) in [5.41, 5.74) is 2.12. The standard InChI is InChI=1S/C49H64N8O6/c58-45(50-21-11-16-34-14-3-1-4-15-34)40-28-36(30-42(51-40)47(60)56-26-12-19-38(56)32-54-22-7-8-23-54)37-29-41(46(59)53-44(49(62)63)35-17-5-2-6-18-35)52-43(31-37)48(61)57-27-13-20-39(57)33-55-24-9-10-25-55/h1,3-4,14-15,28-31,35,38-39,44H,2,5-13,16-27,32-33H2,(H,50,58)(H,53,59)(H,62,63). The van der Waals surface area contributed by atoms with E-state index in [1.165, 1.54) is 11.6 Å². The average Bonchev–Trinajstić information content (AvgIpc) is 4.17. The Morgan fingerprint density at radius 2 is 1.11 bits per heavy atom. The van der Waals surface area contributed by atoms with Gasteiger partial charge in [-0.15, -0.1) is 0 Å². The van der Waals surface area contributed by atoms with Gasteiger partial charge in [-0.1, -0.05) is 49.6 Å². The van der Waals surface area contributed by atoms with Gasteiger partial charge in [0, 0.05) is 44.8 Å². The predicted molar refractivity (Wildman–Crippen MR) is 239 cm³/mol. The van der Waals surface area contributed by atoms with Gasteiger partial charge >= 0.3 is 5.97 Å². The Kier molecular flexibility index (Phi) is 14.8. The number of pyridine rings is 2. The van der Waals surface area contributed by atoms with E-state index in [1.807, 2.05) is 28.0 Å². The summed E-state index contributed by atoms with van der Waals surface area (Å²) in [7, 11) is 0. The Morgan fingerprint density at radius 1 is 0.603 bits per heavy atom. The van der Waals surface area contributed by atoms with Crippen molar-refractivity contribution in [3.05, 3.63) is 82.9 Å². The van der Waals surface area contributed by atoms with E-state index in [9.17, 15) is 29.1 Å². The van der Waals surface area contributed by atoms with Gasteiger partial charge in [0.05, 0.1) is 0 Å². The SMILES string of the molecule is O=C(NCCCc1ccccc1)c1cc(-c2cc(C(=O)NC(C(=O)O)C3CCCCC3)nc(C(=O)N3CCCC3CN3CCCC3)c2)cc(C(=O)N2CCCC2CN2CCCC2)n1. The van der Waals surface area contributed by atoms with Crippen LogP contribution in [0.15, 0.2) is 54.6 Å². The molecule has 8 rings (SSSR count). The third-order valence-corrected chi connectivity index (χ3v) is 13.9. The number of aromatic nitrogens is 2. The first-order valence-electron chi connectivity index (χ1n) is 23.7. The van der Waals surface area contributed by atoms with Gasteiger partial charge in [-0.2, -0.15) is 0 Å². The Morgan fingerprint density at radius 3 is 1.63 bits per heavy atom. The molecule has 5 aliphatic rings. The highest BCUT2D eigenvalue weighted by atomic mass is 16.4. The van der Waals surface area contributed by atoms with Crippen LogP contribution in [0.25, 0.3) is 11.1 Å². The minimum Gasteiger partial charge on any atom is -0.480 e. The number of amides is 4. The van der Waals surface area contributed by atoms with Crippen LogP contribution >= 0.6 is 0 Å². The molecule has 0 bridgehead atoms. The lowest BCUT2D eigenvalue weighted by atomic mass is 9.84. The summed E-state index contributed by atoms with van der Waals surface area (Å²) < 4.78 is 0. The fourth-order valence-corrected chi connectivity index (χ4v) is 10.5. The van der Waals surface area contributed by atoms with Gasteiger partial charge in [0.2, 0.25) is 0 Å². The second kappa shape index (κ2) is 21.0. The van der Waals surface area contributed by atoms with Gasteiger partial charge in [0.15, 0.2) is 0 Å². The molecule has 3 aromatic rings. The first-order valence-corrected chi connectivity index (χ1v) is 23.7. The topological polar surface area (TPSA) is 168 Å². The minimum absolute atomic E-state index is 0.00247. The maximum absolute atomic E-state index is 14.6. The maximum atomic E-state index is 14.6. The lowest BCUT2D eigenvalue weighted by Crippen LogP contribution is -2.47. The van der Waals surface area contributed by atoms with E-state index in [1.54, 1.807) is 18.2 Å². The van der Waals surface area contributed by atoms with Gasteiger partial charge in [0.25, 0.3) is 23.6 Å². The van der Waals surface area contributed by atoms with E-state index in [2.05, 4.69) is 37.6 Å². The zero-order valence-electron chi connectivity index (χ0n) is 36.6. The summed E-state index contributed by atoms with van der Waals surface area (Å²) in [6, 6.07) is 15.4. The van der Waals surface area contributed by atoms with E-state index in [4.69, 9.17) is 4.98 Å². The number of hydrogen-bond acceptors (Lipinski definition) is 9. The summed E-state index contributed by atoms with van der Waals surface area (Å²) >= 11 is 0. The minimum atomic E-state index is -1.11. The summed E-state index contributed by atoms with van der Waals surface area (Å²) in [5.74, 6) is -3.02. The molecular formula is C49H64N8O6. The number of rotatable bonds is 16. The van der Waals surface area contributed by atoms with Crippen LogP contribution in [0, 0.1) is 5.92 Å². The number of aliphatic carboxylic acids is 1. The second-order valence-corrected chi connectivity index (χ2v) is 18.4. The van der Waals surface area contributed by atoms with Crippen molar-refractivity contribution in [3.8, 4) is 11.1 Å². The zero-order chi connectivity index (χ0) is 43.7. The molecule has 1 aliphatic carbocycles. The summed E-state index contributed by atoms with van der Waals surface area (Å²) in [5, 5.41) is 16.1.